The lowest BCUT2D eigenvalue weighted by Gasteiger charge is -2.11. The normalized spacial score (nSPS) is 12.6. The van der Waals surface area contributed by atoms with Gasteiger partial charge in [-0.3, -0.25) is 0 Å². The number of methoxy groups -OCH3 is 1. The summed E-state index contributed by atoms with van der Waals surface area (Å²) < 4.78 is 4.98. The van der Waals surface area contributed by atoms with E-state index in [2.05, 4.69) is 42.6 Å². The van der Waals surface area contributed by atoms with E-state index in [9.17, 15) is 0 Å². The first-order valence-corrected chi connectivity index (χ1v) is 6.59. The maximum absolute atomic E-state index is 4.98. The monoisotopic (exact) mass is 235 g/mol. The Morgan fingerprint density at radius 3 is 2.59 bits per heavy atom. The zero-order valence-electron chi connectivity index (χ0n) is 11.1. The molecular weight excluding hydrogens is 210 g/mol. The minimum absolute atomic E-state index is 0.676. The second-order valence-corrected chi connectivity index (χ2v) is 4.55. The third-order valence-corrected chi connectivity index (χ3v) is 3.09. The lowest BCUT2D eigenvalue weighted by atomic mass is 9.95. The molecule has 1 atom stereocenters. The van der Waals surface area contributed by atoms with Gasteiger partial charge in [-0.15, -0.1) is 0 Å². The second-order valence-electron chi connectivity index (χ2n) is 4.55. The van der Waals surface area contributed by atoms with Crippen LogP contribution in [0.15, 0.2) is 30.3 Å². The highest BCUT2D eigenvalue weighted by Gasteiger charge is 2.03. The summed E-state index contributed by atoms with van der Waals surface area (Å²) in [4.78, 5) is 0. The standard InChI is InChI=1S/C15H25NO/c1-14(15-9-4-3-5-10-15)8-6-7-11-16-12-13-17-2/h3-5,9-10,14,16H,6-8,11-13H2,1-2H3. The fourth-order valence-corrected chi connectivity index (χ4v) is 1.95. The second kappa shape index (κ2) is 9.20. The molecule has 0 amide bonds. The summed E-state index contributed by atoms with van der Waals surface area (Å²) in [7, 11) is 1.74. The minimum atomic E-state index is 0.676. The van der Waals surface area contributed by atoms with E-state index in [1.807, 2.05) is 0 Å². The lowest BCUT2D eigenvalue weighted by Crippen LogP contribution is -2.20. The highest BCUT2D eigenvalue weighted by atomic mass is 16.5. The van der Waals surface area contributed by atoms with E-state index in [0.717, 1.165) is 19.7 Å². The predicted molar refractivity (Wildman–Crippen MR) is 73.5 cm³/mol. The summed E-state index contributed by atoms with van der Waals surface area (Å²) in [6.45, 7) is 5.18. The molecule has 0 aliphatic carbocycles. The molecule has 1 unspecified atom stereocenters. The molecule has 0 saturated carbocycles. The van der Waals surface area contributed by atoms with Crippen molar-refractivity contribution in [1.82, 2.24) is 5.32 Å². The molecule has 0 aliphatic rings. The summed E-state index contributed by atoms with van der Waals surface area (Å²) in [5.74, 6) is 0.676. The Morgan fingerprint density at radius 2 is 1.88 bits per heavy atom. The number of nitrogens with one attached hydrogen (secondary N) is 1. The van der Waals surface area contributed by atoms with Gasteiger partial charge in [0.2, 0.25) is 0 Å². The van der Waals surface area contributed by atoms with E-state index in [0.29, 0.717) is 5.92 Å². The van der Waals surface area contributed by atoms with Gasteiger partial charge < -0.3 is 10.1 Å². The van der Waals surface area contributed by atoms with Crippen LogP contribution in [-0.2, 0) is 4.74 Å². The molecule has 1 rings (SSSR count). The molecule has 1 N–H and O–H groups in total. The molecule has 0 radical (unpaired) electrons. The molecule has 0 spiro atoms. The van der Waals surface area contributed by atoms with Crippen LogP contribution in [0.1, 0.15) is 37.7 Å². The predicted octanol–water partition coefficient (Wildman–Crippen LogP) is 3.20. The summed E-state index contributed by atoms with van der Waals surface area (Å²) in [6.07, 6.45) is 3.81. The Bertz CT molecular complexity index is 274. The van der Waals surface area contributed by atoms with Crippen molar-refractivity contribution < 1.29 is 4.74 Å². The largest absolute Gasteiger partial charge is 0.383 e. The van der Waals surface area contributed by atoms with E-state index in [-0.39, 0.29) is 0 Å². The van der Waals surface area contributed by atoms with Crippen molar-refractivity contribution in [2.75, 3.05) is 26.8 Å². The summed E-state index contributed by atoms with van der Waals surface area (Å²) >= 11 is 0. The van der Waals surface area contributed by atoms with Gasteiger partial charge in [-0.25, -0.2) is 0 Å². The van der Waals surface area contributed by atoms with E-state index >= 15 is 0 Å². The fourth-order valence-electron chi connectivity index (χ4n) is 1.95. The SMILES string of the molecule is COCCNCCCCC(C)c1ccccc1. The smallest absolute Gasteiger partial charge is 0.0587 e. The van der Waals surface area contributed by atoms with Gasteiger partial charge >= 0.3 is 0 Å². The molecule has 2 heteroatoms. The van der Waals surface area contributed by atoms with Gasteiger partial charge in [0.05, 0.1) is 6.61 Å². The number of benzene rings is 1. The molecule has 96 valence electrons. The summed E-state index contributed by atoms with van der Waals surface area (Å²) in [5.41, 5.74) is 1.46. The van der Waals surface area contributed by atoms with Gasteiger partial charge in [-0.05, 0) is 30.9 Å². The van der Waals surface area contributed by atoms with Crippen molar-refractivity contribution in [2.45, 2.75) is 32.1 Å². The van der Waals surface area contributed by atoms with Crippen molar-refractivity contribution in [1.29, 1.82) is 0 Å². The molecule has 0 aromatic heterocycles. The van der Waals surface area contributed by atoms with E-state index in [1.54, 1.807) is 7.11 Å². The van der Waals surface area contributed by atoms with Crippen LogP contribution < -0.4 is 5.32 Å². The molecule has 0 fully saturated rings. The van der Waals surface area contributed by atoms with E-state index < -0.39 is 0 Å². The number of hydrogen-bond acceptors (Lipinski definition) is 2. The van der Waals surface area contributed by atoms with E-state index in [1.165, 1.54) is 24.8 Å². The van der Waals surface area contributed by atoms with Gasteiger partial charge in [0.15, 0.2) is 0 Å². The van der Waals surface area contributed by atoms with Crippen LogP contribution >= 0.6 is 0 Å². The highest BCUT2D eigenvalue weighted by molar-refractivity contribution is 5.18. The molecule has 1 aromatic rings. The van der Waals surface area contributed by atoms with Crippen molar-refractivity contribution in [3.63, 3.8) is 0 Å². The Morgan fingerprint density at radius 1 is 1.12 bits per heavy atom. The van der Waals surface area contributed by atoms with Crippen LogP contribution in [0.2, 0.25) is 0 Å². The van der Waals surface area contributed by atoms with Gasteiger partial charge in [-0.1, -0.05) is 43.7 Å². The third kappa shape index (κ3) is 6.44. The van der Waals surface area contributed by atoms with Crippen molar-refractivity contribution in [3.8, 4) is 0 Å². The quantitative estimate of drug-likeness (QED) is 0.664. The Labute approximate surface area is 105 Å². The lowest BCUT2D eigenvalue weighted by molar-refractivity contribution is 0.199. The fraction of sp³-hybridized carbons (Fsp3) is 0.600. The minimum Gasteiger partial charge on any atom is -0.383 e. The summed E-state index contributed by atoms with van der Waals surface area (Å²) in [5, 5.41) is 3.37. The van der Waals surface area contributed by atoms with Crippen LogP contribution in [0.3, 0.4) is 0 Å². The van der Waals surface area contributed by atoms with Gasteiger partial charge in [-0.2, -0.15) is 0 Å². The first-order chi connectivity index (χ1) is 8.34. The average Bonchev–Trinajstić information content (AvgIpc) is 2.38. The third-order valence-electron chi connectivity index (χ3n) is 3.09. The molecule has 17 heavy (non-hydrogen) atoms. The Hall–Kier alpha value is -0.860. The van der Waals surface area contributed by atoms with Crippen LogP contribution in [0.4, 0.5) is 0 Å². The molecule has 0 saturated heterocycles. The number of unbranched alkanes of at least 4 members (excludes halogenated alkanes) is 1. The molecule has 0 bridgehead atoms. The molecule has 0 heterocycles. The maximum Gasteiger partial charge on any atom is 0.0587 e. The maximum atomic E-state index is 4.98. The first kappa shape index (κ1) is 14.2. The van der Waals surface area contributed by atoms with Gasteiger partial charge in [0.25, 0.3) is 0 Å². The van der Waals surface area contributed by atoms with Gasteiger partial charge in [0.1, 0.15) is 0 Å². The molecule has 2 nitrogen and oxygen atoms in total. The number of ether oxygens (including phenoxy) is 1. The van der Waals surface area contributed by atoms with Crippen LogP contribution in [0.25, 0.3) is 0 Å². The number of rotatable bonds is 9. The van der Waals surface area contributed by atoms with E-state index in [4.69, 9.17) is 4.74 Å². The van der Waals surface area contributed by atoms with Gasteiger partial charge in [0, 0.05) is 13.7 Å². The summed E-state index contributed by atoms with van der Waals surface area (Å²) in [6, 6.07) is 10.8. The molecular formula is C15H25NO. The molecule has 0 aliphatic heterocycles. The topological polar surface area (TPSA) is 21.3 Å². The van der Waals surface area contributed by atoms with Crippen LogP contribution in [-0.4, -0.2) is 26.8 Å². The number of hydrogen-bond donors (Lipinski definition) is 1. The molecule has 1 aromatic carbocycles. The average molecular weight is 235 g/mol. The van der Waals surface area contributed by atoms with Crippen molar-refractivity contribution in [2.24, 2.45) is 0 Å². The van der Waals surface area contributed by atoms with Crippen LogP contribution in [0, 0.1) is 0 Å². The zero-order chi connectivity index (χ0) is 12.3. The van der Waals surface area contributed by atoms with Crippen LogP contribution in [0.5, 0.6) is 0 Å². The van der Waals surface area contributed by atoms with Crippen molar-refractivity contribution in [3.05, 3.63) is 35.9 Å². The zero-order valence-corrected chi connectivity index (χ0v) is 11.1. The Kier molecular flexibility index (Phi) is 7.69. The highest BCUT2D eigenvalue weighted by Crippen LogP contribution is 2.20. The van der Waals surface area contributed by atoms with Crippen molar-refractivity contribution >= 4 is 0 Å². The Balaban J connectivity index is 2.03. The first-order valence-electron chi connectivity index (χ1n) is 6.59.